The predicted octanol–water partition coefficient (Wildman–Crippen LogP) is 5.47. The summed E-state index contributed by atoms with van der Waals surface area (Å²) in [6.45, 7) is 10.5. The van der Waals surface area contributed by atoms with Crippen LogP contribution in [0.5, 0.6) is 0 Å². The fourth-order valence-corrected chi connectivity index (χ4v) is 7.59. The standard InChI is InChI=1S/C40H41F2N7O4/c1-43-36-23-40(41,42)26-49(36)37(50)24-45-38(51)32-14-15-44-35-13-12-27(22-33(32)35)46(2)16-7-17-47-18-20-48(21-19-47)39(52)53-25-34-30-10-5-3-8-28(30)29-9-4-6-11-31(29)34/h3-6,8-15,22,34,36H,7,16-21,23-26H2,2H3,(H,45,51)/t36-/m0/s1. The Morgan fingerprint density at radius 1 is 1.00 bits per heavy atom. The zero-order valence-electron chi connectivity index (χ0n) is 29.5. The largest absolute Gasteiger partial charge is 0.448 e. The molecule has 0 radical (unpaired) electrons. The molecule has 7 rings (SSSR count). The van der Waals surface area contributed by atoms with Crippen LogP contribution in [0, 0.1) is 6.57 Å². The van der Waals surface area contributed by atoms with Crippen LogP contribution in [-0.4, -0.2) is 116 Å². The van der Waals surface area contributed by atoms with E-state index in [1.54, 1.807) is 11.0 Å². The molecule has 53 heavy (non-hydrogen) atoms. The summed E-state index contributed by atoms with van der Waals surface area (Å²) in [5.74, 6) is -4.36. The van der Waals surface area contributed by atoms with E-state index in [0.29, 0.717) is 36.2 Å². The lowest BCUT2D eigenvalue weighted by molar-refractivity contribution is -0.131. The number of pyridine rings is 1. The summed E-state index contributed by atoms with van der Waals surface area (Å²) in [6, 6.07) is 23.8. The maximum absolute atomic E-state index is 13.8. The van der Waals surface area contributed by atoms with Crippen molar-refractivity contribution in [2.45, 2.75) is 30.8 Å². The van der Waals surface area contributed by atoms with Gasteiger partial charge in [0.15, 0.2) is 0 Å². The van der Waals surface area contributed by atoms with Crippen molar-refractivity contribution >= 4 is 34.5 Å². The third kappa shape index (κ3) is 7.64. The van der Waals surface area contributed by atoms with Crippen LogP contribution in [-0.2, 0) is 9.53 Å². The van der Waals surface area contributed by atoms with E-state index in [-0.39, 0.29) is 12.0 Å². The van der Waals surface area contributed by atoms with Crippen molar-refractivity contribution in [1.29, 1.82) is 0 Å². The molecule has 1 aromatic heterocycles. The number of alkyl halides is 2. The van der Waals surface area contributed by atoms with Gasteiger partial charge < -0.3 is 19.9 Å². The van der Waals surface area contributed by atoms with E-state index in [0.717, 1.165) is 43.2 Å². The number of aromatic nitrogens is 1. The molecule has 13 heteroatoms. The van der Waals surface area contributed by atoms with Gasteiger partial charge in [-0.05, 0) is 59.5 Å². The fraction of sp³-hybridized carbons (Fsp3) is 0.375. The lowest BCUT2D eigenvalue weighted by atomic mass is 9.98. The summed E-state index contributed by atoms with van der Waals surface area (Å²) in [7, 11) is 1.98. The second kappa shape index (κ2) is 15.2. The van der Waals surface area contributed by atoms with Crippen molar-refractivity contribution in [3.63, 3.8) is 0 Å². The van der Waals surface area contributed by atoms with Gasteiger partial charge in [-0.25, -0.2) is 20.1 Å². The molecule has 0 bridgehead atoms. The van der Waals surface area contributed by atoms with Crippen molar-refractivity contribution in [1.82, 2.24) is 25.0 Å². The molecule has 1 N–H and O–H groups in total. The third-order valence-corrected chi connectivity index (χ3v) is 10.5. The Bertz CT molecular complexity index is 2020. The Morgan fingerprint density at radius 3 is 2.40 bits per heavy atom. The number of halogens is 2. The number of ether oxygens (including phenoxy) is 1. The van der Waals surface area contributed by atoms with Gasteiger partial charge in [0.05, 0.1) is 24.2 Å². The summed E-state index contributed by atoms with van der Waals surface area (Å²) >= 11 is 0. The normalized spacial score (nSPS) is 18.0. The molecule has 2 fully saturated rings. The molecule has 3 aromatic carbocycles. The van der Waals surface area contributed by atoms with Crippen molar-refractivity contribution < 1.29 is 27.9 Å². The minimum Gasteiger partial charge on any atom is -0.448 e. The molecule has 0 saturated carbocycles. The maximum atomic E-state index is 13.8. The first-order valence-electron chi connectivity index (χ1n) is 17.9. The van der Waals surface area contributed by atoms with E-state index >= 15 is 0 Å². The first kappa shape index (κ1) is 35.8. The van der Waals surface area contributed by atoms with Crippen LogP contribution in [0.3, 0.4) is 0 Å². The van der Waals surface area contributed by atoms with E-state index in [4.69, 9.17) is 11.3 Å². The number of fused-ring (bicyclic) bond motifs is 4. The van der Waals surface area contributed by atoms with Crippen LogP contribution in [0.25, 0.3) is 26.9 Å². The Labute approximate surface area is 306 Å². The minimum absolute atomic E-state index is 0.0307. The van der Waals surface area contributed by atoms with Gasteiger partial charge in [-0.1, -0.05) is 48.5 Å². The third-order valence-electron chi connectivity index (χ3n) is 10.5. The van der Waals surface area contributed by atoms with Crippen LogP contribution in [0.2, 0.25) is 0 Å². The predicted molar refractivity (Wildman–Crippen MR) is 197 cm³/mol. The molecule has 2 aliphatic heterocycles. The van der Waals surface area contributed by atoms with Crippen LogP contribution in [0.4, 0.5) is 19.3 Å². The lowest BCUT2D eigenvalue weighted by Crippen LogP contribution is -2.49. The lowest BCUT2D eigenvalue weighted by Gasteiger charge is -2.34. The average molecular weight is 722 g/mol. The van der Waals surface area contributed by atoms with Crippen LogP contribution >= 0.6 is 0 Å². The highest BCUT2D eigenvalue weighted by Gasteiger charge is 2.50. The van der Waals surface area contributed by atoms with Gasteiger partial charge in [-0.2, -0.15) is 0 Å². The molecule has 11 nitrogen and oxygen atoms in total. The van der Waals surface area contributed by atoms with Gasteiger partial charge in [-0.3, -0.25) is 29.2 Å². The van der Waals surface area contributed by atoms with E-state index in [1.165, 1.54) is 28.5 Å². The Balaban J connectivity index is 0.873. The molecular weight excluding hydrogens is 680 g/mol. The van der Waals surface area contributed by atoms with Gasteiger partial charge in [0.1, 0.15) is 13.0 Å². The van der Waals surface area contributed by atoms with Gasteiger partial charge >= 0.3 is 12.3 Å². The molecule has 274 valence electrons. The molecule has 3 heterocycles. The Kier molecular flexibility index (Phi) is 10.2. The number of hydrogen-bond acceptors (Lipinski definition) is 7. The second-order valence-electron chi connectivity index (χ2n) is 13.8. The van der Waals surface area contributed by atoms with Gasteiger partial charge in [0.2, 0.25) is 5.91 Å². The number of nitrogens with one attached hydrogen (secondary N) is 1. The average Bonchev–Trinajstić information content (AvgIpc) is 3.68. The Hall–Kier alpha value is -5.61. The zero-order valence-corrected chi connectivity index (χ0v) is 29.5. The fourth-order valence-electron chi connectivity index (χ4n) is 7.59. The van der Waals surface area contributed by atoms with Gasteiger partial charge in [-0.15, -0.1) is 0 Å². The zero-order chi connectivity index (χ0) is 37.1. The number of nitrogens with zero attached hydrogens (tertiary/aromatic N) is 6. The van der Waals surface area contributed by atoms with Crippen molar-refractivity contribution in [3.8, 4) is 11.1 Å². The molecule has 0 spiro atoms. The SMILES string of the molecule is [C-]#[N+][C@@H]1CC(F)(F)CN1C(=O)CNC(=O)c1ccnc2ccc(N(C)CCCN3CCN(C(=O)OCC4c5ccccc5-c5ccccc54)CC3)cc12. The number of benzene rings is 3. The summed E-state index contributed by atoms with van der Waals surface area (Å²) in [5.41, 5.74) is 6.58. The first-order chi connectivity index (χ1) is 25.6. The van der Waals surface area contributed by atoms with Gasteiger partial charge in [0, 0.05) is 63.0 Å². The number of amides is 3. The molecule has 0 unspecified atom stereocenters. The number of anilines is 1. The van der Waals surface area contributed by atoms with Crippen LogP contribution < -0.4 is 10.2 Å². The first-order valence-corrected chi connectivity index (χ1v) is 17.9. The van der Waals surface area contributed by atoms with Crippen LogP contribution in [0.15, 0.2) is 79.0 Å². The molecule has 3 amide bonds. The summed E-state index contributed by atoms with van der Waals surface area (Å²) < 4.78 is 33.5. The maximum Gasteiger partial charge on any atom is 0.409 e. The smallest absolute Gasteiger partial charge is 0.409 e. The van der Waals surface area contributed by atoms with Crippen molar-refractivity contribution in [2.75, 3.05) is 70.9 Å². The molecule has 1 aliphatic carbocycles. The van der Waals surface area contributed by atoms with Gasteiger partial charge in [0.25, 0.3) is 11.8 Å². The summed E-state index contributed by atoms with van der Waals surface area (Å²) in [4.78, 5) is 53.5. The highest BCUT2D eigenvalue weighted by atomic mass is 19.3. The van der Waals surface area contributed by atoms with E-state index in [1.807, 2.05) is 49.5 Å². The monoisotopic (exact) mass is 721 g/mol. The molecule has 4 aromatic rings. The highest BCUT2D eigenvalue weighted by molar-refractivity contribution is 6.07. The summed E-state index contributed by atoms with van der Waals surface area (Å²) in [5, 5.41) is 3.13. The van der Waals surface area contributed by atoms with E-state index < -0.39 is 43.4 Å². The number of carbonyl (C=O) groups is 3. The number of rotatable bonds is 10. The second-order valence-corrected chi connectivity index (χ2v) is 13.8. The van der Waals surface area contributed by atoms with Crippen molar-refractivity contribution in [3.05, 3.63) is 107 Å². The molecule has 3 aliphatic rings. The van der Waals surface area contributed by atoms with Crippen molar-refractivity contribution in [2.24, 2.45) is 0 Å². The number of carbonyl (C=O) groups excluding carboxylic acids is 3. The topological polar surface area (TPSA) is 103 Å². The minimum atomic E-state index is -3.12. The Morgan fingerprint density at radius 2 is 1.70 bits per heavy atom. The molecular formula is C40H41F2N7O4. The quantitative estimate of drug-likeness (QED) is 0.217. The van der Waals surface area contributed by atoms with E-state index in [2.05, 4.69) is 49.2 Å². The number of likely N-dealkylation sites (tertiary alicyclic amines) is 1. The highest BCUT2D eigenvalue weighted by Crippen LogP contribution is 2.44. The number of hydrogen-bond donors (Lipinski definition) is 1. The number of piperazine rings is 1. The molecule has 1 atom stereocenters. The van der Waals surface area contributed by atoms with E-state index in [9.17, 15) is 23.2 Å². The van der Waals surface area contributed by atoms with Crippen LogP contribution in [0.1, 0.15) is 40.2 Å². The summed E-state index contributed by atoms with van der Waals surface area (Å²) in [6.07, 6.45) is 0.159. The molecule has 2 saturated heterocycles.